The number of morpholine rings is 1. The van der Waals surface area contributed by atoms with Gasteiger partial charge in [-0.2, -0.15) is 13.9 Å². The van der Waals surface area contributed by atoms with E-state index in [1.807, 2.05) is 20.0 Å². The van der Waals surface area contributed by atoms with Crippen molar-refractivity contribution in [1.29, 1.82) is 0 Å². The second-order valence-electron chi connectivity index (χ2n) is 9.29. The number of aliphatic hydroxyl groups is 1. The number of ether oxygens (including phenoxy) is 1. The van der Waals surface area contributed by atoms with E-state index in [2.05, 4.69) is 31.4 Å². The number of piperazine rings is 1. The topological polar surface area (TPSA) is 86.6 Å². The predicted molar refractivity (Wildman–Crippen MR) is 130 cm³/mol. The Morgan fingerprint density at radius 2 is 2.09 bits per heavy atom. The van der Waals surface area contributed by atoms with Gasteiger partial charge < -0.3 is 20.1 Å². The highest BCUT2D eigenvalue weighted by molar-refractivity contribution is 5.92. The number of rotatable bonds is 6. The van der Waals surface area contributed by atoms with Crippen LogP contribution in [0.1, 0.15) is 29.8 Å². The molecule has 8 nitrogen and oxygen atoms in total. The summed E-state index contributed by atoms with van der Waals surface area (Å²) >= 11 is 0. The Morgan fingerprint density at radius 3 is 2.91 bits per heavy atom. The average Bonchev–Trinajstić information content (AvgIpc) is 2.90. The van der Waals surface area contributed by atoms with Crippen molar-refractivity contribution >= 4 is 22.4 Å². The van der Waals surface area contributed by atoms with Crippen molar-refractivity contribution in [3.8, 4) is 0 Å². The van der Waals surface area contributed by atoms with Crippen LogP contribution in [0, 0.1) is 6.92 Å². The summed E-state index contributed by atoms with van der Waals surface area (Å²) in [5, 5.41) is 21.8. The molecule has 2 atom stereocenters. The van der Waals surface area contributed by atoms with Crippen LogP contribution in [0.2, 0.25) is 0 Å². The maximum atomic E-state index is 14.0. The fourth-order valence-electron chi connectivity index (χ4n) is 4.82. The Hall–Kier alpha value is -2.95. The summed E-state index contributed by atoms with van der Waals surface area (Å²) in [5.41, 5.74) is 2.92. The monoisotopic (exact) mass is 484 g/mol. The number of aliphatic hydroxyl groups excluding tert-OH is 1. The van der Waals surface area contributed by atoms with Crippen molar-refractivity contribution in [3.63, 3.8) is 0 Å². The largest absolute Gasteiger partial charge is 0.390 e. The number of aryl methyl sites for hydroxylation is 1. The maximum Gasteiger partial charge on any atom is 0.295 e. The van der Waals surface area contributed by atoms with Crippen LogP contribution in [0.3, 0.4) is 0 Å². The van der Waals surface area contributed by atoms with Crippen molar-refractivity contribution < 1.29 is 18.6 Å². The van der Waals surface area contributed by atoms with Crippen molar-refractivity contribution in [2.45, 2.75) is 31.9 Å². The molecule has 1 aromatic carbocycles. The second-order valence-corrected chi connectivity index (χ2v) is 9.29. The highest BCUT2D eigenvalue weighted by atomic mass is 19.3. The van der Waals surface area contributed by atoms with Crippen molar-refractivity contribution in [3.05, 3.63) is 53.3 Å². The first-order chi connectivity index (χ1) is 16.9. The van der Waals surface area contributed by atoms with Crippen LogP contribution in [-0.4, -0.2) is 77.2 Å². The first-order valence-electron chi connectivity index (χ1n) is 11.9. The second kappa shape index (κ2) is 9.60. The number of nitrogens with zero attached hydrogens (tertiary/aromatic N) is 5. The molecule has 0 unspecified atom stereocenters. The number of nitrogens with one attached hydrogen (secondary N) is 1. The van der Waals surface area contributed by atoms with Crippen LogP contribution < -0.4 is 10.2 Å². The highest BCUT2D eigenvalue weighted by Gasteiger charge is 2.31. The molecule has 4 heterocycles. The van der Waals surface area contributed by atoms with Gasteiger partial charge in [0.05, 0.1) is 48.4 Å². The van der Waals surface area contributed by atoms with Crippen LogP contribution in [0.25, 0.3) is 10.9 Å². The van der Waals surface area contributed by atoms with Crippen LogP contribution in [-0.2, 0) is 10.7 Å². The Labute approximate surface area is 202 Å². The molecular weight excluding hydrogens is 454 g/mol. The number of hydrogen-bond donors (Lipinski definition) is 2. The van der Waals surface area contributed by atoms with Crippen LogP contribution in [0.15, 0.2) is 36.5 Å². The zero-order valence-electron chi connectivity index (χ0n) is 19.9. The lowest BCUT2D eigenvalue weighted by Gasteiger charge is -2.44. The number of benzene rings is 1. The van der Waals surface area contributed by atoms with E-state index in [4.69, 9.17) is 14.8 Å². The van der Waals surface area contributed by atoms with Gasteiger partial charge in [0, 0.05) is 37.1 Å². The first-order valence-corrected chi connectivity index (χ1v) is 11.9. The molecule has 2 N–H and O–H groups in total. The van der Waals surface area contributed by atoms with E-state index < -0.39 is 12.5 Å². The number of anilines is 2. The fourth-order valence-corrected chi connectivity index (χ4v) is 4.82. The van der Waals surface area contributed by atoms with E-state index in [0.717, 1.165) is 61.7 Å². The van der Waals surface area contributed by atoms with Gasteiger partial charge in [-0.05, 0) is 31.5 Å². The fraction of sp³-hybridized carbons (Fsp3) is 0.480. The van der Waals surface area contributed by atoms with Crippen molar-refractivity contribution in [2.75, 3.05) is 56.2 Å². The molecule has 35 heavy (non-hydrogen) atoms. The van der Waals surface area contributed by atoms with Gasteiger partial charge in [-0.3, -0.25) is 9.88 Å². The third kappa shape index (κ3) is 4.78. The average molecular weight is 485 g/mol. The van der Waals surface area contributed by atoms with Crippen LogP contribution >= 0.6 is 0 Å². The molecule has 2 saturated heterocycles. The summed E-state index contributed by atoms with van der Waals surface area (Å²) in [6.45, 7) is 7.78. The van der Waals surface area contributed by atoms with Crippen molar-refractivity contribution in [2.24, 2.45) is 0 Å². The standard InChI is InChI=1S/C25H30F2N6O2/c1-16(18-4-3-5-19(10-18)25(26,27)15-34)29-24-22-11-20(12-28-23(22)17(2)30-31-24)33-7-6-32-8-9-35-14-21(32)13-33/h3-5,10-12,16,21,34H,6-9,13-15H2,1-2H3,(H,29,31)/t16-,21+/m1/s1. The number of hydrogen-bond acceptors (Lipinski definition) is 8. The smallest absolute Gasteiger partial charge is 0.295 e. The van der Waals surface area contributed by atoms with E-state index in [1.165, 1.54) is 12.1 Å². The SMILES string of the molecule is Cc1nnc(N[C@H](C)c2cccc(C(F)(F)CO)c2)c2cc(N3CCN4CCOC[C@@H]4C3)cnc12. The summed E-state index contributed by atoms with van der Waals surface area (Å²) in [7, 11) is 0. The normalized spacial score (nSPS) is 20.0. The maximum absolute atomic E-state index is 14.0. The minimum Gasteiger partial charge on any atom is -0.390 e. The van der Waals surface area contributed by atoms with Gasteiger partial charge in [-0.25, -0.2) is 0 Å². The summed E-state index contributed by atoms with van der Waals surface area (Å²) in [5.74, 6) is -2.75. The van der Waals surface area contributed by atoms with Gasteiger partial charge in [0.2, 0.25) is 0 Å². The lowest BCUT2D eigenvalue weighted by Crippen LogP contribution is -2.58. The van der Waals surface area contributed by atoms with Gasteiger partial charge in [0.1, 0.15) is 6.61 Å². The van der Waals surface area contributed by atoms with E-state index >= 15 is 0 Å². The molecule has 2 aliphatic rings. The molecular formula is C25H30F2N6O2. The third-order valence-electron chi connectivity index (χ3n) is 6.93. The van der Waals surface area contributed by atoms with Gasteiger partial charge in [-0.15, -0.1) is 5.10 Å². The van der Waals surface area contributed by atoms with Crippen molar-refractivity contribution in [1.82, 2.24) is 20.1 Å². The lowest BCUT2D eigenvalue weighted by molar-refractivity contribution is -0.0556. The molecule has 2 fully saturated rings. The molecule has 2 aromatic heterocycles. The molecule has 0 bridgehead atoms. The minimum atomic E-state index is -3.29. The number of fused-ring (bicyclic) bond motifs is 2. The Bertz CT molecular complexity index is 1210. The van der Waals surface area contributed by atoms with E-state index in [9.17, 15) is 8.78 Å². The molecule has 0 radical (unpaired) electrons. The lowest BCUT2D eigenvalue weighted by atomic mass is 10.0. The number of aromatic nitrogens is 3. The molecule has 186 valence electrons. The zero-order chi connectivity index (χ0) is 24.6. The van der Waals surface area contributed by atoms with Gasteiger partial charge in [0.25, 0.3) is 5.92 Å². The highest BCUT2D eigenvalue weighted by Crippen LogP contribution is 2.32. The molecule has 0 aliphatic carbocycles. The molecule has 5 rings (SSSR count). The molecule has 0 spiro atoms. The van der Waals surface area contributed by atoms with E-state index in [-0.39, 0.29) is 11.6 Å². The number of pyridine rings is 1. The first kappa shape index (κ1) is 23.8. The summed E-state index contributed by atoms with van der Waals surface area (Å²) in [4.78, 5) is 9.51. The molecule has 10 heteroatoms. The molecule has 0 saturated carbocycles. The van der Waals surface area contributed by atoms with Gasteiger partial charge >= 0.3 is 0 Å². The summed E-state index contributed by atoms with van der Waals surface area (Å²) in [6.07, 6.45) is 1.88. The molecule has 2 aliphatic heterocycles. The van der Waals surface area contributed by atoms with E-state index in [0.29, 0.717) is 17.4 Å². The Balaban J connectivity index is 1.42. The zero-order valence-corrected chi connectivity index (χ0v) is 19.9. The van der Waals surface area contributed by atoms with Crippen LogP contribution in [0.4, 0.5) is 20.3 Å². The summed E-state index contributed by atoms with van der Waals surface area (Å²) in [6, 6.07) is 8.19. The quantitative estimate of drug-likeness (QED) is 0.552. The Morgan fingerprint density at radius 1 is 1.23 bits per heavy atom. The Kier molecular flexibility index (Phi) is 6.52. The minimum absolute atomic E-state index is 0.221. The summed E-state index contributed by atoms with van der Waals surface area (Å²) < 4.78 is 33.7. The predicted octanol–water partition coefficient (Wildman–Crippen LogP) is 3.11. The third-order valence-corrected chi connectivity index (χ3v) is 6.93. The van der Waals surface area contributed by atoms with Gasteiger partial charge in [-0.1, -0.05) is 18.2 Å². The van der Waals surface area contributed by atoms with Crippen LogP contribution in [0.5, 0.6) is 0 Å². The molecule has 0 amide bonds. The van der Waals surface area contributed by atoms with E-state index in [1.54, 1.807) is 12.1 Å². The number of alkyl halides is 2. The van der Waals surface area contributed by atoms with Gasteiger partial charge in [0.15, 0.2) is 5.82 Å². The molecule has 3 aromatic rings. The number of halogens is 2.